The fraction of sp³-hybridized carbons (Fsp3) is 0.333. The molecular weight excluding hydrogens is 326 g/mol. The van der Waals surface area contributed by atoms with Crippen LogP contribution < -0.4 is 5.32 Å². The summed E-state index contributed by atoms with van der Waals surface area (Å²) in [5.41, 5.74) is 7.24. The lowest BCUT2D eigenvalue weighted by atomic mass is 10.0. The van der Waals surface area contributed by atoms with Crippen LogP contribution in [0.5, 0.6) is 0 Å². The lowest BCUT2D eigenvalue weighted by Crippen LogP contribution is -2.28. The van der Waals surface area contributed by atoms with Gasteiger partial charge in [0.25, 0.3) is 0 Å². The van der Waals surface area contributed by atoms with Gasteiger partial charge in [0.15, 0.2) is 0 Å². The van der Waals surface area contributed by atoms with Gasteiger partial charge in [0.05, 0.1) is 24.4 Å². The topological polar surface area (TPSA) is 55.6 Å². The zero-order valence-electron chi connectivity index (χ0n) is 15.8. The van der Waals surface area contributed by atoms with Gasteiger partial charge in [0.1, 0.15) is 5.65 Å². The Bertz CT molecular complexity index is 944. The van der Waals surface area contributed by atoms with E-state index in [1.807, 2.05) is 29.7 Å². The number of ether oxygens (including phenoxy) is 1. The summed E-state index contributed by atoms with van der Waals surface area (Å²) in [5, 5.41) is 2.90. The molecule has 0 aliphatic rings. The summed E-state index contributed by atoms with van der Waals surface area (Å²) in [6.07, 6.45) is 2.24. The molecule has 0 saturated carbocycles. The highest BCUT2D eigenvalue weighted by Gasteiger charge is 2.18. The number of hydrogen-bond acceptors (Lipinski definition) is 3. The fourth-order valence-electron chi connectivity index (χ4n) is 3.05. The van der Waals surface area contributed by atoms with E-state index in [9.17, 15) is 4.79 Å². The molecule has 0 aliphatic carbocycles. The maximum atomic E-state index is 12.4. The normalized spacial score (nSPS) is 11.1. The Kier molecular flexibility index (Phi) is 5.38. The number of nitrogens with zero attached hydrogens (tertiary/aromatic N) is 2. The second-order valence-corrected chi connectivity index (χ2v) is 6.61. The van der Waals surface area contributed by atoms with Crippen molar-refractivity contribution in [2.75, 3.05) is 20.3 Å². The highest BCUT2D eigenvalue weighted by molar-refractivity contribution is 5.82. The van der Waals surface area contributed by atoms with Crippen LogP contribution in [0.15, 0.2) is 36.5 Å². The first-order valence-corrected chi connectivity index (χ1v) is 8.81. The number of carbonyl (C=O) groups excluding carboxylic acids is 1. The molecule has 0 fully saturated rings. The minimum Gasteiger partial charge on any atom is -0.383 e. The number of benzene rings is 1. The number of imidazole rings is 1. The van der Waals surface area contributed by atoms with Crippen LogP contribution in [-0.4, -0.2) is 35.6 Å². The molecule has 26 heavy (non-hydrogen) atoms. The van der Waals surface area contributed by atoms with Crippen LogP contribution in [0, 0.1) is 20.8 Å². The van der Waals surface area contributed by atoms with Crippen LogP contribution in [-0.2, 0) is 16.0 Å². The van der Waals surface area contributed by atoms with Crippen molar-refractivity contribution in [1.29, 1.82) is 0 Å². The number of amides is 1. The fourth-order valence-corrected chi connectivity index (χ4v) is 3.05. The maximum absolute atomic E-state index is 12.4. The molecule has 0 bridgehead atoms. The van der Waals surface area contributed by atoms with Gasteiger partial charge in [-0.1, -0.05) is 18.2 Å². The molecule has 136 valence electrons. The summed E-state index contributed by atoms with van der Waals surface area (Å²) in [7, 11) is 1.62. The van der Waals surface area contributed by atoms with Crippen molar-refractivity contribution in [3.05, 3.63) is 58.9 Å². The smallest absolute Gasteiger partial charge is 0.226 e. The summed E-state index contributed by atoms with van der Waals surface area (Å²) < 4.78 is 7.02. The lowest BCUT2D eigenvalue weighted by molar-refractivity contribution is -0.120. The first kappa shape index (κ1) is 18.1. The van der Waals surface area contributed by atoms with Crippen molar-refractivity contribution in [1.82, 2.24) is 14.7 Å². The van der Waals surface area contributed by atoms with Gasteiger partial charge in [-0.15, -0.1) is 0 Å². The molecule has 5 heteroatoms. The molecule has 2 aromatic heterocycles. The van der Waals surface area contributed by atoms with Crippen molar-refractivity contribution in [2.45, 2.75) is 27.2 Å². The van der Waals surface area contributed by atoms with E-state index in [0.29, 0.717) is 13.2 Å². The van der Waals surface area contributed by atoms with Crippen molar-refractivity contribution >= 4 is 11.6 Å². The van der Waals surface area contributed by atoms with Gasteiger partial charge in [0.2, 0.25) is 5.91 Å². The number of aromatic nitrogens is 2. The predicted molar refractivity (Wildman–Crippen MR) is 103 cm³/mol. The predicted octanol–water partition coefficient (Wildman–Crippen LogP) is 3.23. The van der Waals surface area contributed by atoms with Gasteiger partial charge >= 0.3 is 0 Å². The van der Waals surface area contributed by atoms with Gasteiger partial charge in [0, 0.05) is 25.4 Å². The zero-order valence-corrected chi connectivity index (χ0v) is 15.8. The summed E-state index contributed by atoms with van der Waals surface area (Å²) >= 11 is 0. The van der Waals surface area contributed by atoms with Gasteiger partial charge in [-0.25, -0.2) is 4.98 Å². The van der Waals surface area contributed by atoms with Crippen LogP contribution in [0.3, 0.4) is 0 Å². The average Bonchev–Trinajstić information content (AvgIpc) is 2.98. The molecule has 0 spiro atoms. The number of hydrogen-bond donors (Lipinski definition) is 1. The molecule has 5 nitrogen and oxygen atoms in total. The third-order valence-electron chi connectivity index (χ3n) is 4.68. The third kappa shape index (κ3) is 3.63. The van der Waals surface area contributed by atoms with Crippen molar-refractivity contribution in [3.63, 3.8) is 0 Å². The SMILES string of the molecule is COCCNC(=O)Cc1c(-c2ccc(C)c(C)c2)nc2c(C)cccn12. The first-order chi connectivity index (χ1) is 12.5. The second kappa shape index (κ2) is 7.70. The minimum atomic E-state index is -0.0320. The van der Waals surface area contributed by atoms with E-state index in [1.54, 1.807) is 7.11 Å². The summed E-state index contributed by atoms with van der Waals surface area (Å²) in [6, 6.07) is 10.3. The molecule has 2 heterocycles. The first-order valence-electron chi connectivity index (χ1n) is 8.81. The molecule has 3 aromatic rings. The molecule has 1 amide bonds. The Morgan fingerprint density at radius 1 is 1.15 bits per heavy atom. The Balaban J connectivity index is 2.05. The largest absolute Gasteiger partial charge is 0.383 e. The number of rotatable bonds is 6. The Morgan fingerprint density at radius 2 is 1.96 bits per heavy atom. The molecule has 1 N–H and O–H groups in total. The van der Waals surface area contributed by atoms with Crippen molar-refractivity contribution in [2.24, 2.45) is 0 Å². The number of carbonyl (C=O) groups is 1. The molecule has 3 rings (SSSR count). The average molecular weight is 351 g/mol. The quantitative estimate of drug-likeness (QED) is 0.694. The van der Waals surface area contributed by atoms with Gasteiger partial charge in [-0.2, -0.15) is 0 Å². The highest BCUT2D eigenvalue weighted by Crippen LogP contribution is 2.27. The van der Waals surface area contributed by atoms with E-state index >= 15 is 0 Å². The summed E-state index contributed by atoms with van der Waals surface area (Å²) in [4.78, 5) is 17.3. The van der Waals surface area contributed by atoms with E-state index < -0.39 is 0 Å². The molecule has 0 saturated heterocycles. The van der Waals surface area contributed by atoms with E-state index in [4.69, 9.17) is 9.72 Å². The summed E-state index contributed by atoms with van der Waals surface area (Å²) in [5.74, 6) is -0.0320. The van der Waals surface area contributed by atoms with E-state index in [1.165, 1.54) is 11.1 Å². The van der Waals surface area contributed by atoms with Crippen LogP contribution in [0.2, 0.25) is 0 Å². The molecule has 0 unspecified atom stereocenters. The second-order valence-electron chi connectivity index (χ2n) is 6.61. The monoisotopic (exact) mass is 351 g/mol. The van der Waals surface area contributed by atoms with Crippen LogP contribution in [0.25, 0.3) is 16.9 Å². The molecular formula is C21H25N3O2. The Hall–Kier alpha value is -2.66. The van der Waals surface area contributed by atoms with Gasteiger partial charge in [-0.05, 0) is 49.6 Å². The highest BCUT2D eigenvalue weighted by atomic mass is 16.5. The third-order valence-corrected chi connectivity index (χ3v) is 4.68. The van der Waals surface area contributed by atoms with Crippen molar-refractivity contribution < 1.29 is 9.53 Å². The Morgan fingerprint density at radius 3 is 2.69 bits per heavy atom. The van der Waals surface area contributed by atoms with E-state index in [0.717, 1.165) is 28.2 Å². The molecule has 1 aromatic carbocycles. The molecule has 0 atom stereocenters. The van der Waals surface area contributed by atoms with Crippen LogP contribution >= 0.6 is 0 Å². The van der Waals surface area contributed by atoms with E-state index in [-0.39, 0.29) is 12.3 Å². The number of nitrogens with one attached hydrogen (secondary N) is 1. The van der Waals surface area contributed by atoms with Gasteiger partial charge < -0.3 is 14.5 Å². The zero-order chi connectivity index (χ0) is 18.7. The minimum absolute atomic E-state index is 0.0320. The summed E-state index contributed by atoms with van der Waals surface area (Å²) in [6.45, 7) is 7.23. The maximum Gasteiger partial charge on any atom is 0.226 e. The standard InChI is InChI=1S/C21H25N3O2/c1-14-7-8-17(12-16(14)3)20-18(13-19(25)22-9-11-26-4)24-10-5-6-15(2)21(24)23-20/h5-8,10,12H,9,11,13H2,1-4H3,(H,22,25). The van der Waals surface area contributed by atoms with Crippen LogP contribution in [0.4, 0.5) is 0 Å². The molecule has 0 aliphatic heterocycles. The van der Waals surface area contributed by atoms with Crippen molar-refractivity contribution in [3.8, 4) is 11.3 Å². The molecule has 0 radical (unpaired) electrons. The van der Waals surface area contributed by atoms with Gasteiger partial charge in [-0.3, -0.25) is 4.79 Å². The van der Waals surface area contributed by atoms with E-state index in [2.05, 4.69) is 37.4 Å². The number of aryl methyl sites for hydroxylation is 3. The number of fused-ring (bicyclic) bond motifs is 1. The number of pyridine rings is 1. The van der Waals surface area contributed by atoms with Crippen LogP contribution in [0.1, 0.15) is 22.4 Å². The lowest BCUT2D eigenvalue weighted by Gasteiger charge is -2.08. The number of methoxy groups -OCH3 is 1. The Labute approximate surface area is 154 Å².